The number of fused-ring (bicyclic) bond motifs is 1. The summed E-state index contributed by atoms with van der Waals surface area (Å²) >= 11 is 0. The SMILES string of the molecule is CC1(C)CCC(C)(C)c2cc(C(=O)N3CCC(C(=O)O)CC3)ccc21. The van der Waals surface area contributed by atoms with Crippen LogP contribution >= 0.6 is 0 Å². The smallest absolute Gasteiger partial charge is 0.306 e. The molecule has 0 aromatic heterocycles. The second-order valence-corrected chi connectivity index (χ2v) is 8.93. The first-order valence-corrected chi connectivity index (χ1v) is 9.29. The van der Waals surface area contributed by atoms with E-state index in [2.05, 4.69) is 39.8 Å². The highest BCUT2D eigenvalue weighted by Gasteiger charge is 2.37. The first-order chi connectivity index (χ1) is 11.6. The second-order valence-electron chi connectivity index (χ2n) is 8.93. The number of amides is 1. The summed E-state index contributed by atoms with van der Waals surface area (Å²) in [6.07, 6.45) is 3.37. The van der Waals surface area contributed by atoms with E-state index in [1.807, 2.05) is 11.0 Å². The van der Waals surface area contributed by atoms with Crippen molar-refractivity contribution in [3.8, 4) is 0 Å². The molecule has 1 saturated heterocycles. The van der Waals surface area contributed by atoms with E-state index in [1.54, 1.807) is 0 Å². The maximum Gasteiger partial charge on any atom is 0.306 e. The van der Waals surface area contributed by atoms with E-state index < -0.39 is 5.97 Å². The molecule has 1 aliphatic heterocycles. The Morgan fingerprint density at radius 2 is 1.56 bits per heavy atom. The summed E-state index contributed by atoms with van der Waals surface area (Å²) < 4.78 is 0. The van der Waals surface area contributed by atoms with Crippen molar-refractivity contribution in [1.29, 1.82) is 0 Å². The minimum absolute atomic E-state index is 0.0332. The molecule has 0 atom stereocenters. The van der Waals surface area contributed by atoms with Gasteiger partial charge in [-0.05, 0) is 59.8 Å². The largest absolute Gasteiger partial charge is 0.481 e. The Labute approximate surface area is 150 Å². The minimum Gasteiger partial charge on any atom is -0.481 e. The van der Waals surface area contributed by atoms with Gasteiger partial charge in [-0.15, -0.1) is 0 Å². The number of hydrogen-bond acceptors (Lipinski definition) is 2. The molecule has 1 aliphatic carbocycles. The van der Waals surface area contributed by atoms with Gasteiger partial charge in [0.05, 0.1) is 5.92 Å². The Kier molecular flexibility index (Phi) is 4.42. The van der Waals surface area contributed by atoms with E-state index in [9.17, 15) is 9.59 Å². The van der Waals surface area contributed by atoms with Crippen molar-refractivity contribution >= 4 is 11.9 Å². The van der Waals surface area contributed by atoms with Crippen LogP contribution in [0.2, 0.25) is 0 Å². The van der Waals surface area contributed by atoms with Crippen molar-refractivity contribution < 1.29 is 14.7 Å². The number of nitrogens with zero attached hydrogens (tertiary/aromatic N) is 1. The van der Waals surface area contributed by atoms with E-state index in [1.165, 1.54) is 11.1 Å². The lowest BCUT2D eigenvalue weighted by atomic mass is 9.63. The molecule has 0 saturated carbocycles. The van der Waals surface area contributed by atoms with Crippen LogP contribution in [0.15, 0.2) is 18.2 Å². The summed E-state index contributed by atoms with van der Waals surface area (Å²) in [5.74, 6) is -1.03. The molecule has 1 fully saturated rings. The lowest BCUT2D eigenvalue weighted by Crippen LogP contribution is -2.40. The van der Waals surface area contributed by atoms with Gasteiger partial charge in [0.15, 0.2) is 0 Å². The van der Waals surface area contributed by atoms with E-state index in [-0.39, 0.29) is 22.7 Å². The molecule has 0 spiro atoms. The monoisotopic (exact) mass is 343 g/mol. The summed E-state index contributed by atoms with van der Waals surface area (Å²) in [5.41, 5.74) is 3.60. The van der Waals surface area contributed by atoms with Crippen LogP contribution in [0.25, 0.3) is 0 Å². The highest BCUT2D eigenvalue weighted by atomic mass is 16.4. The maximum atomic E-state index is 12.9. The second kappa shape index (κ2) is 6.15. The van der Waals surface area contributed by atoms with Gasteiger partial charge in [0.25, 0.3) is 5.91 Å². The van der Waals surface area contributed by atoms with Gasteiger partial charge in [0, 0.05) is 18.7 Å². The van der Waals surface area contributed by atoms with Crippen LogP contribution in [0, 0.1) is 5.92 Å². The predicted molar refractivity (Wildman–Crippen MR) is 98.0 cm³/mol. The Balaban J connectivity index is 1.85. The van der Waals surface area contributed by atoms with Gasteiger partial charge in [-0.2, -0.15) is 0 Å². The van der Waals surface area contributed by atoms with Crippen molar-refractivity contribution in [3.63, 3.8) is 0 Å². The van der Waals surface area contributed by atoms with Gasteiger partial charge in [-0.3, -0.25) is 9.59 Å². The van der Waals surface area contributed by atoms with E-state index >= 15 is 0 Å². The molecule has 25 heavy (non-hydrogen) atoms. The number of hydrogen-bond donors (Lipinski definition) is 1. The van der Waals surface area contributed by atoms with E-state index in [4.69, 9.17) is 5.11 Å². The first kappa shape index (κ1) is 18.0. The molecule has 1 N–H and O–H groups in total. The highest BCUT2D eigenvalue weighted by Crippen LogP contribution is 2.46. The number of aliphatic carboxylic acids is 1. The standard InChI is InChI=1S/C21H29NO3/c1-20(2)9-10-21(3,4)17-13-15(5-6-16(17)20)18(23)22-11-7-14(8-12-22)19(24)25/h5-6,13-14H,7-12H2,1-4H3,(H,24,25). The highest BCUT2D eigenvalue weighted by molar-refractivity contribution is 5.94. The zero-order valence-electron chi connectivity index (χ0n) is 15.8. The summed E-state index contributed by atoms with van der Waals surface area (Å²) in [4.78, 5) is 25.8. The maximum absolute atomic E-state index is 12.9. The summed E-state index contributed by atoms with van der Waals surface area (Å²) in [6.45, 7) is 10.1. The molecule has 1 aromatic carbocycles. The van der Waals surface area contributed by atoms with Gasteiger partial charge in [0.1, 0.15) is 0 Å². The fourth-order valence-corrected chi connectivity index (χ4v) is 4.23. The Morgan fingerprint density at radius 1 is 1.00 bits per heavy atom. The van der Waals surface area contributed by atoms with Crippen LogP contribution < -0.4 is 0 Å². The summed E-state index contributed by atoms with van der Waals surface area (Å²) in [5, 5.41) is 9.12. The number of carboxylic acids is 1. The third-order valence-corrected chi connectivity index (χ3v) is 6.23. The number of carboxylic acid groups (broad SMARTS) is 1. The molecule has 4 nitrogen and oxygen atoms in total. The summed E-state index contributed by atoms with van der Waals surface area (Å²) in [6, 6.07) is 6.17. The average Bonchev–Trinajstić information content (AvgIpc) is 2.58. The van der Waals surface area contributed by atoms with Crippen LogP contribution in [0.1, 0.15) is 74.9 Å². The van der Waals surface area contributed by atoms with Crippen LogP contribution in [0.5, 0.6) is 0 Å². The van der Waals surface area contributed by atoms with E-state index in [0.29, 0.717) is 25.9 Å². The molecule has 136 valence electrons. The Hall–Kier alpha value is -1.84. The third-order valence-electron chi connectivity index (χ3n) is 6.23. The molecule has 4 heteroatoms. The van der Waals surface area contributed by atoms with Crippen molar-refractivity contribution in [1.82, 2.24) is 4.90 Å². The fraction of sp³-hybridized carbons (Fsp3) is 0.619. The molecular formula is C21H29NO3. The number of likely N-dealkylation sites (tertiary alicyclic amines) is 1. The number of rotatable bonds is 2. The zero-order valence-corrected chi connectivity index (χ0v) is 15.8. The van der Waals surface area contributed by atoms with Gasteiger partial charge in [-0.1, -0.05) is 33.8 Å². The van der Waals surface area contributed by atoms with Crippen molar-refractivity contribution in [2.45, 2.75) is 64.2 Å². The predicted octanol–water partition coefficient (Wildman–Crippen LogP) is 3.97. The minimum atomic E-state index is -0.745. The van der Waals surface area contributed by atoms with Crippen molar-refractivity contribution in [3.05, 3.63) is 34.9 Å². The molecule has 0 radical (unpaired) electrons. The molecule has 3 rings (SSSR count). The number of carbonyl (C=O) groups excluding carboxylic acids is 1. The van der Waals surface area contributed by atoms with Crippen molar-refractivity contribution in [2.24, 2.45) is 5.92 Å². The molecule has 0 bridgehead atoms. The van der Waals surface area contributed by atoms with Crippen LogP contribution in [0.3, 0.4) is 0 Å². The molecular weight excluding hydrogens is 314 g/mol. The summed E-state index contributed by atoms with van der Waals surface area (Å²) in [7, 11) is 0. The molecule has 2 aliphatic rings. The first-order valence-electron chi connectivity index (χ1n) is 9.29. The van der Waals surface area contributed by atoms with Crippen LogP contribution in [0.4, 0.5) is 0 Å². The Bertz CT molecular complexity index is 697. The quantitative estimate of drug-likeness (QED) is 0.884. The average molecular weight is 343 g/mol. The lowest BCUT2D eigenvalue weighted by Gasteiger charge is -2.42. The van der Waals surface area contributed by atoms with Gasteiger partial charge < -0.3 is 10.0 Å². The number of benzene rings is 1. The van der Waals surface area contributed by atoms with Gasteiger partial charge in [-0.25, -0.2) is 0 Å². The van der Waals surface area contributed by atoms with Crippen LogP contribution in [-0.4, -0.2) is 35.0 Å². The molecule has 0 unspecified atom stereocenters. The molecule has 1 aromatic rings. The Morgan fingerprint density at radius 3 is 2.12 bits per heavy atom. The van der Waals surface area contributed by atoms with Gasteiger partial charge in [0.2, 0.25) is 0 Å². The van der Waals surface area contributed by atoms with Gasteiger partial charge >= 0.3 is 5.97 Å². The lowest BCUT2D eigenvalue weighted by molar-refractivity contribution is -0.143. The number of carbonyl (C=O) groups is 2. The topological polar surface area (TPSA) is 57.6 Å². The fourth-order valence-electron chi connectivity index (χ4n) is 4.23. The van der Waals surface area contributed by atoms with Crippen LogP contribution in [-0.2, 0) is 15.6 Å². The normalized spacial score (nSPS) is 22.3. The van der Waals surface area contributed by atoms with E-state index in [0.717, 1.165) is 18.4 Å². The molecule has 1 amide bonds. The number of piperidine rings is 1. The molecule has 1 heterocycles. The van der Waals surface area contributed by atoms with Crippen molar-refractivity contribution in [2.75, 3.05) is 13.1 Å². The third kappa shape index (κ3) is 3.31. The zero-order chi connectivity index (χ0) is 18.4.